The van der Waals surface area contributed by atoms with Gasteiger partial charge in [-0.25, -0.2) is 4.79 Å². The molecule has 0 radical (unpaired) electrons. The normalized spacial score (nSPS) is 20.4. The van der Waals surface area contributed by atoms with E-state index in [1.807, 2.05) is 13.2 Å². The Kier molecular flexibility index (Phi) is 4.80. The number of oxime groups is 1. The molecule has 17 heavy (non-hydrogen) atoms. The first-order valence-electron chi connectivity index (χ1n) is 5.19. The number of thioether (sulfide) groups is 1. The molecule has 7 heteroatoms. The van der Waals surface area contributed by atoms with E-state index in [1.165, 1.54) is 0 Å². The highest BCUT2D eigenvalue weighted by Gasteiger charge is 2.34. The number of amides is 1. The third-order valence-corrected chi connectivity index (χ3v) is 3.42. The van der Waals surface area contributed by atoms with Crippen LogP contribution in [0.3, 0.4) is 0 Å². The van der Waals surface area contributed by atoms with Gasteiger partial charge in [0.2, 0.25) is 6.10 Å². The molecule has 0 aliphatic carbocycles. The molecule has 1 amide bonds. The number of carboxylic acids is 1. The number of carbonyl (C=O) groups excluding carboxylic acids is 1. The van der Waals surface area contributed by atoms with E-state index in [4.69, 9.17) is 9.94 Å². The predicted molar refractivity (Wildman–Crippen MR) is 65.2 cm³/mol. The summed E-state index contributed by atoms with van der Waals surface area (Å²) in [6, 6.07) is 0.0787. The van der Waals surface area contributed by atoms with Crippen LogP contribution in [-0.4, -0.2) is 58.8 Å². The minimum Gasteiger partial charge on any atom is -0.477 e. The second-order valence-electron chi connectivity index (χ2n) is 3.89. The van der Waals surface area contributed by atoms with Crippen molar-refractivity contribution in [1.29, 1.82) is 0 Å². The smallest absolute Gasteiger partial charge is 0.353 e. The molecule has 0 aromatic carbocycles. The average Bonchev–Trinajstić information content (AvgIpc) is 2.76. The molecule has 1 aliphatic rings. The summed E-state index contributed by atoms with van der Waals surface area (Å²) in [5.41, 5.74) is -0.103. The lowest BCUT2D eigenvalue weighted by Crippen LogP contribution is -2.43. The number of carboxylic acid groups (broad SMARTS) is 1. The van der Waals surface area contributed by atoms with E-state index in [-0.39, 0.29) is 24.1 Å². The minimum absolute atomic E-state index is 0.0322. The Labute approximate surface area is 104 Å². The van der Waals surface area contributed by atoms with Crippen molar-refractivity contribution in [3.05, 3.63) is 0 Å². The molecule has 2 atom stereocenters. The van der Waals surface area contributed by atoms with Crippen molar-refractivity contribution in [2.24, 2.45) is 5.16 Å². The molecule has 2 unspecified atom stereocenters. The number of hydrogen-bond acceptors (Lipinski definition) is 5. The van der Waals surface area contributed by atoms with Crippen LogP contribution in [0.4, 0.5) is 0 Å². The van der Waals surface area contributed by atoms with Crippen molar-refractivity contribution in [2.45, 2.75) is 25.5 Å². The SMILES string of the molecule is CSCC(C)N(C)C(=O)C1CC(C(=O)O)=NO1. The highest BCUT2D eigenvalue weighted by molar-refractivity contribution is 7.98. The van der Waals surface area contributed by atoms with Gasteiger partial charge in [0.05, 0.1) is 0 Å². The fourth-order valence-electron chi connectivity index (χ4n) is 1.43. The highest BCUT2D eigenvalue weighted by Crippen LogP contribution is 2.15. The Morgan fingerprint density at radius 3 is 2.82 bits per heavy atom. The summed E-state index contributed by atoms with van der Waals surface area (Å²) in [5.74, 6) is -0.548. The van der Waals surface area contributed by atoms with Gasteiger partial charge < -0.3 is 14.8 Å². The Morgan fingerprint density at radius 2 is 2.35 bits per heavy atom. The predicted octanol–water partition coefficient (Wildman–Crippen LogP) is 0.426. The minimum atomic E-state index is -1.14. The van der Waals surface area contributed by atoms with Crippen molar-refractivity contribution in [3.8, 4) is 0 Å². The zero-order valence-corrected chi connectivity index (χ0v) is 10.9. The van der Waals surface area contributed by atoms with Gasteiger partial charge in [0.1, 0.15) is 0 Å². The van der Waals surface area contributed by atoms with Crippen molar-refractivity contribution < 1.29 is 19.5 Å². The quantitative estimate of drug-likeness (QED) is 0.775. The fourth-order valence-corrected chi connectivity index (χ4v) is 2.14. The van der Waals surface area contributed by atoms with Crippen LogP contribution in [0.1, 0.15) is 13.3 Å². The van der Waals surface area contributed by atoms with E-state index in [0.717, 1.165) is 5.75 Å². The Balaban J connectivity index is 2.53. The van der Waals surface area contributed by atoms with Crippen molar-refractivity contribution >= 4 is 29.4 Å². The zero-order valence-electron chi connectivity index (χ0n) is 10.0. The Morgan fingerprint density at radius 1 is 1.71 bits per heavy atom. The van der Waals surface area contributed by atoms with Gasteiger partial charge in [-0.3, -0.25) is 4.79 Å². The maximum Gasteiger partial charge on any atom is 0.353 e. The van der Waals surface area contributed by atoms with Gasteiger partial charge in [0.25, 0.3) is 5.91 Å². The van der Waals surface area contributed by atoms with Gasteiger partial charge in [-0.15, -0.1) is 0 Å². The average molecular weight is 260 g/mol. The molecule has 0 aromatic heterocycles. The van der Waals surface area contributed by atoms with Crippen LogP contribution in [0.5, 0.6) is 0 Å². The van der Waals surface area contributed by atoms with Crippen LogP contribution < -0.4 is 0 Å². The first-order valence-corrected chi connectivity index (χ1v) is 6.58. The summed E-state index contributed by atoms with van der Waals surface area (Å²) in [7, 11) is 1.69. The summed E-state index contributed by atoms with van der Waals surface area (Å²) in [6.45, 7) is 1.93. The van der Waals surface area contributed by atoms with E-state index in [1.54, 1.807) is 23.7 Å². The number of hydrogen-bond donors (Lipinski definition) is 1. The molecular formula is C10H16N2O4S. The second-order valence-corrected chi connectivity index (χ2v) is 4.81. The van der Waals surface area contributed by atoms with E-state index in [0.29, 0.717) is 0 Å². The summed E-state index contributed by atoms with van der Waals surface area (Å²) in [4.78, 5) is 29.0. The van der Waals surface area contributed by atoms with Crippen LogP contribution in [0.2, 0.25) is 0 Å². The van der Waals surface area contributed by atoms with Crippen molar-refractivity contribution in [2.75, 3.05) is 19.1 Å². The number of carbonyl (C=O) groups is 2. The van der Waals surface area contributed by atoms with Crippen LogP contribution in [0.25, 0.3) is 0 Å². The topological polar surface area (TPSA) is 79.2 Å². The van der Waals surface area contributed by atoms with Gasteiger partial charge in [-0.2, -0.15) is 11.8 Å². The van der Waals surface area contributed by atoms with Crippen LogP contribution in [-0.2, 0) is 14.4 Å². The fraction of sp³-hybridized carbons (Fsp3) is 0.700. The molecule has 0 bridgehead atoms. The molecule has 0 saturated heterocycles. The van der Waals surface area contributed by atoms with Gasteiger partial charge in [-0.05, 0) is 13.2 Å². The number of likely N-dealkylation sites (N-methyl/N-ethyl adjacent to an activating group) is 1. The number of rotatable bonds is 5. The van der Waals surface area contributed by atoms with E-state index in [9.17, 15) is 9.59 Å². The zero-order chi connectivity index (χ0) is 13.0. The first-order chi connectivity index (χ1) is 7.97. The molecule has 0 spiro atoms. The molecule has 0 saturated carbocycles. The van der Waals surface area contributed by atoms with Gasteiger partial charge in [-0.1, -0.05) is 5.16 Å². The lowest BCUT2D eigenvalue weighted by atomic mass is 10.1. The molecule has 1 N–H and O–H groups in total. The lowest BCUT2D eigenvalue weighted by molar-refractivity contribution is -0.142. The molecule has 6 nitrogen and oxygen atoms in total. The summed E-state index contributed by atoms with van der Waals surface area (Å²) < 4.78 is 0. The standard InChI is InChI=1S/C10H16N2O4S/c1-6(5-17-3)12(2)9(13)8-4-7(10(14)15)11-16-8/h6,8H,4-5H2,1-3H3,(H,14,15). The number of nitrogens with zero attached hydrogens (tertiary/aromatic N) is 2. The maximum atomic E-state index is 12.0. The third-order valence-electron chi connectivity index (χ3n) is 2.61. The molecular weight excluding hydrogens is 244 g/mol. The van der Waals surface area contributed by atoms with E-state index < -0.39 is 12.1 Å². The van der Waals surface area contributed by atoms with Crippen LogP contribution >= 0.6 is 11.8 Å². The largest absolute Gasteiger partial charge is 0.477 e. The molecule has 1 heterocycles. The third kappa shape index (κ3) is 3.36. The summed E-state index contributed by atoms with van der Waals surface area (Å²) in [5, 5.41) is 12.1. The molecule has 96 valence electrons. The Hall–Kier alpha value is -1.24. The lowest BCUT2D eigenvalue weighted by Gasteiger charge is -2.25. The van der Waals surface area contributed by atoms with Gasteiger partial charge in [0.15, 0.2) is 5.71 Å². The van der Waals surface area contributed by atoms with Crippen LogP contribution in [0.15, 0.2) is 5.16 Å². The second kappa shape index (κ2) is 5.90. The molecule has 1 aliphatic heterocycles. The highest BCUT2D eigenvalue weighted by atomic mass is 32.2. The monoisotopic (exact) mass is 260 g/mol. The first kappa shape index (κ1) is 13.8. The van der Waals surface area contributed by atoms with Crippen molar-refractivity contribution in [3.63, 3.8) is 0 Å². The van der Waals surface area contributed by atoms with Crippen molar-refractivity contribution in [1.82, 2.24) is 4.90 Å². The van der Waals surface area contributed by atoms with E-state index in [2.05, 4.69) is 5.16 Å². The Bertz CT molecular complexity index is 345. The summed E-state index contributed by atoms with van der Waals surface area (Å²) >= 11 is 1.65. The molecule has 1 rings (SSSR count). The van der Waals surface area contributed by atoms with Gasteiger partial charge in [0, 0.05) is 25.3 Å². The maximum absolute atomic E-state index is 12.0. The summed E-state index contributed by atoms with van der Waals surface area (Å²) in [6.07, 6.45) is 1.20. The van der Waals surface area contributed by atoms with Crippen LogP contribution in [0, 0.1) is 0 Å². The van der Waals surface area contributed by atoms with E-state index >= 15 is 0 Å². The molecule has 0 fully saturated rings. The van der Waals surface area contributed by atoms with Gasteiger partial charge >= 0.3 is 5.97 Å². The number of aliphatic carboxylic acids is 1. The molecule has 0 aromatic rings.